The molecule has 0 saturated heterocycles. The van der Waals surface area contributed by atoms with Crippen LogP contribution in [0.5, 0.6) is 5.75 Å². The third-order valence-corrected chi connectivity index (χ3v) is 3.51. The molecule has 0 spiro atoms. The average Bonchev–Trinajstić information content (AvgIpc) is 2.90. The van der Waals surface area contributed by atoms with Crippen molar-refractivity contribution in [3.05, 3.63) is 42.7 Å². The van der Waals surface area contributed by atoms with Gasteiger partial charge in [-0.05, 0) is 36.6 Å². The van der Waals surface area contributed by atoms with Crippen LogP contribution < -0.4 is 4.74 Å². The predicted octanol–water partition coefficient (Wildman–Crippen LogP) is 3.15. The van der Waals surface area contributed by atoms with Crippen molar-refractivity contribution in [3.8, 4) is 11.6 Å². The van der Waals surface area contributed by atoms with Crippen LogP contribution >= 0.6 is 11.8 Å². The van der Waals surface area contributed by atoms with Crippen LogP contribution in [0.4, 0.5) is 0 Å². The number of fused-ring (bicyclic) bond motifs is 1. The van der Waals surface area contributed by atoms with Gasteiger partial charge in [-0.3, -0.25) is 0 Å². The summed E-state index contributed by atoms with van der Waals surface area (Å²) in [6.07, 6.45) is 5.76. The molecule has 0 bridgehead atoms. The molecule has 0 atom stereocenters. The van der Waals surface area contributed by atoms with Crippen LogP contribution in [0.25, 0.3) is 16.7 Å². The van der Waals surface area contributed by atoms with E-state index in [4.69, 9.17) is 4.74 Å². The molecule has 96 valence electrons. The quantitative estimate of drug-likeness (QED) is 0.542. The lowest BCUT2D eigenvalue weighted by Crippen LogP contribution is -1.97. The van der Waals surface area contributed by atoms with Gasteiger partial charge in [-0.2, -0.15) is 0 Å². The SMILES string of the molecule is COc1ccc2c(ccn2-c2ccnc(SC)n2)c1. The zero-order chi connectivity index (χ0) is 13.2. The molecule has 2 aromatic heterocycles. The third kappa shape index (κ3) is 2.17. The Bertz CT molecular complexity index is 724. The first-order chi connectivity index (χ1) is 9.31. The largest absolute Gasteiger partial charge is 0.497 e. The number of ether oxygens (including phenoxy) is 1. The molecule has 0 radical (unpaired) electrons. The minimum absolute atomic E-state index is 0.771. The zero-order valence-electron chi connectivity index (χ0n) is 10.7. The molecule has 0 N–H and O–H groups in total. The number of benzene rings is 1. The summed E-state index contributed by atoms with van der Waals surface area (Å²) < 4.78 is 7.29. The van der Waals surface area contributed by atoms with Crippen molar-refractivity contribution in [2.45, 2.75) is 5.16 Å². The van der Waals surface area contributed by atoms with Gasteiger partial charge in [0.1, 0.15) is 11.6 Å². The molecular formula is C14H13N3OS. The van der Waals surface area contributed by atoms with Gasteiger partial charge in [0.05, 0.1) is 12.6 Å². The van der Waals surface area contributed by atoms with E-state index in [2.05, 4.69) is 20.6 Å². The van der Waals surface area contributed by atoms with Gasteiger partial charge < -0.3 is 9.30 Å². The fraction of sp³-hybridized carbons (Fsp3) is 0.143. The van der Waals surface area contributed by atoms with Crippen LogP contribution in [0.3, 0.4) is 0 Å². The summed E-state index contributed by atoms with van der Waals surface area (Å²) in [4.78, 5) is 8.70. The van der Waals surface area contributed by atoms with Gasteiger partial charge in [-0.1, -0.05) is 11.8 Å². The summed E-state index contributed by atoms with van der Waals surface area (Å²) >= 11 is 1.54. The Kier molecular flexibility index (Phi) is 3.13. The third-order valence-electron chi connectivity index (χ3n) is 2.95. The van der Waals surface area contributed by atoms with Crippen molar-refractivity contribution >= 4 is 22.7 Å². The Morgan fingerprint density at radius 3 is 2.89 bits per heavy atom. The van der Waals surface area contributed by atoms with Crippen LogP contribution in [0.2, 0.25) is 0 Å². The molecule has 3 rings (SSSR count). The Morgan fingerprint density at radius 2 is 2.11 bits per heavy atom. The zero-order valence-corrected chi connectivity index (χ0v) is 11.5. The summed E-state index contributed by atoms with van der Waals surface area (Å²) in [5.41, 5.74) is 1.10. The number of aromatic nitrogens is 3. The second-order valence-electron chi connectivity index (χ2n) is 4.01. The molecule has 0 saturated carbocycles. The Morgan fingerprint density at radius 1 is 1.21 bits per heavy atom. The fourth-order valence-corrected chi connectivity index (χ4v) is 2.36. The van der Waals surface area contributed by atoms with E-state index in [0.29, 0.717) is 0 Å². The molecule has 4 nitrogen and oxygen atoms in total. The normalized spacial score (nSPS) is 10.8. The smallest absolute Gasteiger partial charge is 0.189 e. The maximum absolute atomic E-state index is 5.24. The number of rotatable bonds is 3. The first-order valence-corrected chi connectivity index (χ1v) is 7.07. The van der Waals surface area contributed by atoms with E-state index in [0.717, 1.165) is 27.6 Å². The first kappa shape index (κ1) is 12.0. The summed E-state index contributed by atoms with van der Waals surface area (Å²) in [6.45, 7) is 0. The Hall–Kier alpha value is -2.01. The maximum atomic E-state index is 5.24. The highest BCUT2D eigenvalue weighted by Gasteiger charge is 2.06. The highest BCUT2D eigenvalue weighted by molar-refractivity contribution is 7.98. The summed E-state index contributed by atoms with van der Waals surface area (Å²) in [7, 11) is 1.67. The van der Waals surface area contributed by atoms with Gasteiger partial charge in [0.25, 0.3) is 0 Å². The topological polar surface area (TPSA) is 39.9 Å². The number of hydrogen-bond acceptors (Lipinski definition) is 4. The molecule has 2 heterocycles. The second-order valence-corrected chi connectivity index (χ2v) is 4.79. The lowest BCUT2D eigenvalue weighted by molar-refractivity contribution is 0.415. The highest BCUT2D eigenvalue weighted by Crippen LogP contribution is 2.24. The number of methoxy groups -OCH3 is 1. The number of nitrogens with zero attached hydrogens (tertiary/aromatic N) is 3. The molecule has 1 aromatic carbocycles. The van der Waals surface area contributed by atoms with E-state index in [-0.39, 0.29) is 0 Å². The van der Waals surface area contributed by atoms with Crippen LogP contribution in [0.15, 0.2) is 47.9 Å². The fourth-order valence-electron chi connectivity index (χ4n) is 2.01. The second kappa shape index (κ2) is 4.93. The monoisotopic (exact) mass is 271 g/mol. The van der Waals surface area contributed by atoms with Crippen LogP contribution in [-0.2, 0) is 0 Å². The Balaban J connectivity index is 2.14. The average molecular weight is 271 g/mol. The van der Waals surface area contributed by atoms with Gasteiger partial charge in [-0.25, -0.2) is 9.97 Å². The summed E-state index contributed by atoms with van der Waals surface area (Å²) in [6, 6.07) is 9.97. The molecule has 5 heteroatoms. The molecule has 19 heavy (non-hydrogen) atoms. The standard InChI is InChI=1S/C14H13N3OS/c1-18-11-3-4-12-10(9-11)6-8-17(12)13-5-7-15-14(16-13)19-2/h3-9H,1-2H3. The van der Waals surface area contributed by atoms with E-state index in [1.165, 1.54) is 11.8 Å². The lowest BCUT2D eigenvalue weighted by Gasteiger charge is -2.06. The van der Waals surface area contributed by atoms with Gasteiger partial charge in [0, 0.05) is 17.8 Å². The number of hydrogen-bond donors (Lipinski definition) is 0. The molecule has 0 fully saturated rings. The van der Waals surface area contributed by atoms with Crippen molar-refractivity contribution in [2.24, 2.45) is 0 Å². The van der Waals surface area contributed by atoms with Crippen molar-refractivity contribution in [1.82, 2.24) is 14.5 Å². The van der Waals surface area contributed by atoms with E-state index in [1.54, 1.807) is 13.3 Å². The first-order valence-electron chi connectivity index (χ1n) is 5.84. The maximum Gasteiger partial charge on any atom is 0.189 e. The summed E-state index contributed by atoms with van der Waals surface area (Å²) in [5.74, 6) is 1.73. The molecule has 0 unspecified atom stereocenters. The van der Waals surface area contributed by atoms with Crippen LogP contribution in [0, 0.1) is 0 Å². The Labute approximate surface area is 115 Å². The van der Waals surface area contributed by atoms with E-state index in [1.807, 2.05) is 36.7 Å². The minimum atomic E-state index is 0.771. The summed E-state index contributed by atoms with van der Waals surface area (Å²) in [5, 5.41) is 1.90. The molecule has 0 aliphatic heterocycles. The van der Waals surface area contributed by atoms with Gasteiger partial charge >= 0.3 is 0 Å². The van der Waals surface area contributed by atoms with Crippen molar-refractivity contribution in [2.75, 3.05) is 13.4 Å². The van der Waals surface area contributed by atoms with Crippen molar-refractivity contribution < 1.29 is 4.74 Å². The molecule has 0 amide bonds. The lowest BCUT2D eigenvalue weighted by atomic mass is 10.2. The van der Waals surface area contributed by atoms with E-state index < -0.39 is 0 Å². The molecule has 3 aromatic rings. The van der Waals surface area contributed by atoms with E-state index >= 15 is 0 Å². The van der Waals surface area contributed by atoms with Gasteiger partial charge in [-0.15, -0.1) is 0 Å². The van der Waals surface area contributed by atoms with Gasteiger partial charge in [0.2, 0.25) is 0 Å². The van der Waals surface area contributed by atoms with E-state index in [9.17, 15) is 0 Å². The molecular weight excluding hydrogens is 258 g/mol. The highest BCUT2D eigenvalue weighted by atomic mass is 32.2. The van der Waals surface area contributed by atoms with Crippen LogP contribution in [0.1, 0.15) is 0 Å². The van der Waals surface area contributed by atoms with Gasteiger partial charge in [0.15, 0.2) is 5.16 Å². The molecule has 0 aliphatic carbocycles. The van der Waals surface area contributed by atoms with Crippen molar-refractivity contribution in [1.29, 1.82) is 0 Å². The number of thioether (sulfide) groups is 1. The van der Waals surface area contributed by atoms with Crippen molar-refractivity contribution in [3.63, 3.8) is 0 Å². The molecule has 0 aliphatic rings. The minimum Gasteiger partial charge on any atom is -0.497 e. The predicted molar refractivity (Wildman–Crippen MR) is 77.2 cm³/mol. The van der Waals surface area contributed by atoms with Crippen LogP contribution in [-0.4, -0.2) is 27.9 Å².